The van der Waals surface area contributed by atoms with Gasteiger partial charge < -0.3 is 4.90 Å². The number of hydrogen-bond donors (Lipinski definition) is 0. The first-order chi connectivity index (χ1) is 14.9. The van der Waals surface area contributed by atoms with Gasteiger partial charge in [-0.25, -0.2) is 0 Å². The zero-order valence-corrected chi connectivity index (χ0v) is 18.3. The van der Waals surface area contributed by atoms with E-state index in [-0.39, 0.29) is 11.6 Å². The maximum Gasteiger partial charge on any atom is 0.273 e. The van der Waals surface area contributed by atoms with Crippen molar-refractivity contribution in [1.29, 1.82) is 0 Å². The van der Waals surface area contributed by atoms with Gasteiger partial charge >= 0.3 is 0 Å². The molecule has 4 rings (SSSR count). The van der Waals surface area contributed by atoms with Gasteiger partial charge in [-0.3, -0.25) is 24.7 Å². The van der Waals surface area contributed by atoms with Crippen molar-refractivity contribution in [3.63, 3.8) is 0 Å². The van der Waals surface area contributed by atoms with Crippen LogP contribution in [-0.2, 0) is 6.54 Å². The number of nitrogens with zero attached hydrogens (tertiary/aromatic N) is 4. The minimum Gasteiger partial charge on any atom is -0.337 e. The lowest BCUT2D eigenvalue weighted by Crippen LogP contribution is -2.50. The third-order valence-electron chi connectivity index (χ3n) is 6.55. The van der Waals surface area contributed by atoms with Crippen LogP contribution in [0.1, 0.15) is 33.5 Å². The van der Waals surface area contributed by atoms with Crippen molar-refractivity contribution < 1.29 is 9.72 Å². The second kappa shape index (κ2) is 9.16. The summed E-state index contributed by atoms with van der Waals surface area (Å²) in [5.41, 5.74) is 3.62. The number of hydrogen-bond acceptors (Lipinski definition) is 5. The zero-order valence-electron chi connectivity index (χ0n) is 18.3. The van der Waals surface area contributed by atoms with Gasteiger partial charge in [-0.05, 0) is 31.9 Å². The summed E-state index contributed by atoms with van der Waals surface area (Å²) >= 11 is 0. The number of rotatable bonds is 5. The van der Waals surface area contributed by atoms with E-state index in [1.807, 2.05) is 4.90 Å². The lowest BCUT2D eigenvalue weighted by molar-refractivity contribution is -0.385. The number of carbonyl (C=O) groups excluding carboxylic acids is 1. The third-order valence-corrected chi connectivity index (χ3v) is 6.55. The molecule has 2 aromatic rings. The molecule has 0 radical (unpaired) electrons. The number of likely N-dealkylation sites (tertiary alicyclic amines) is 1. The van der Waals surface area contributed by atoms with E-state index < -0.39 is 4.92 Å². The molecule has 2 heterocycles. The SMILES string of the molecule is Cc1ccc(CN2CCN(C3CCN(C(=O)c4ccc(C)c([N+](=O)[O-])c4)C3)CC2)cc1. The van der Waals surface area contributed by atoms with E-state index in [0.29, 0.717) is 30.3 Å². The Hall–Kier alpha value is -2.77. The normalized spacial score (nSPS) is 20.2. The predicted molar refractivity (Wildman–Crippen MR) is 120 cm³/mol. The van der Waals surface area contributed by atoms with Gasteiger partial charge in [0.15, 0.2) is 0 Å². The van der Waals surface area contributed by atoms with Crippen LogP contribution in [0.3, 0.4) is 0 Å². The molecule has 1 amide bonds. The molecule has 0 saturated carbocycles. The molecule has 164 valence electrons. The van der Waals surface area contributed by atoms with E-state index in [9.17, 15) is 14.9 Å². The molecule has 0 bridgehead atoms. The minimum absolute atomic E-state index is 0.00583. The van der Waals surface area contributed by atoms with E-state index in [4.69, 9.17) is 0 Å². The van der Waals surface area contributed by atoms with E-state index in [2.05, 4.69) is 41.0 Å². The van der Waals surface area contributed by atoms with Crippen molar-refractivity contribution in [1.82, 2.24) is 14.7 Å². The molecule has 1 unspecified atom stereocenters. The average molecular weight is 423 g/mol. The molecule has 0 aromatic heterocycles. The van der Waals surface area contributed by atoms with Gasteiger partial charge in [0.25, 0.3) is 11.6 Å². The molecule has 31 heavy (non-hydrogen) atoms. The first-order valence-electron chi connectivity index (χ1n) is 11.0. The molecular weight excluding hydrogens is 392 g/mol. The summed E-state index contributed by atoms with van der Waals surface area (Å²) in [6, 6.07) is 13.9. The van der Waals surface area contributed by atoms with Gasteiger partial charge in [0.2, 0.25) is 0 Å². The van der Waals surface area contributed by atoms with Crippen LogP contribution < -0.4 is 0 Å². The van der Waals surface area contributed by atoms with Gasteiger partial charge in [-0.2, -0.15) is 0 Å². The van der Waals surface area contributed by atoms with Gasteiger partial charge in [-0.1, -0.05) is 35.9 Å². The zero-order chi connectivity index (χ0) is 22.0. The number of amides is 1. The molecule has 7 heteroatoms. The highest BCUT2D eigenvalue weighted by Gasteiger charge is 2.33. The molecule has 0 N–H and O–H groups in total. The van der Waals surface area contributed by atoms with Crippen molar-refractivity contribution in [3.8, 4) is 0 Å². The minimum atomic E-state index is -0.422. The Morgan fingerprint density at radius 3 is 2.42 bits per heavy atom. The maximum absolute atomic E-state index is 12.9. The van der Waals surface area contributed by atoms with Crippen LogP contribution in [0.25, 0.3) is 0 Å². The largest absolute Gasteiger partial charge is 0.337 e. The van der Waals surface area contributed by atoms with Gasteiger partial charge in [-0.15, -0.1) is 0 Å². The Bertz CT molecular complexity index is 952. The van der Waals surface area contributed by atoms with Crippen molar-refractivity contribution in [2.75, 3.05) is 39.3 Å². The molecular formula is C24H30N4O3. The highest BCUT2D eigenvalue weighted by Crippen LogP contribution is 2.24. The summed E-state index contributed by atoms with van der Waals surface area (Å²) in [5.74, 6) is -0.108. The summed E-state index contributed by atoms with van der Waals surface area (Å²) in [6.45, 7) is 10.3. The van der Waals surface area contributed by atoms with Crippen molar-refractivity contribution >= 4 is 11.6 Å². The van der Waals surface area contributed by atoms with E-state index in [1.165, 1.54) is 17.2 Å². The highest BCUT2D eigenvalue weighted by atomic mass is 16.6. The number of nitro groups is 1. The fourth-order valence-corrected chi connectivity index (χ4v) is 4.58. The van der Waals surface area contributed by atoms with E-state index in [0.717, 1.165) is 39.1 Å². The number of carbonyl (C=O) groups is 1. The number of nitro benzene ring substituents is 1. The van der Waals surface area contributed by atoms with Crippen LogP contribution in [0.5, 0.6) is 0 Å². The second-order valence-corrected chi connectivity index (χ2v) is 8.75. The van der Waals surface area contributed by atoms with Gasteiger partial charge in [0.05, 0.1) is 4.92 Å². The van der Waals surface area contributed by atoms with E-state index in [1.54, 1.807) is 19.1 Å². The van der Waals surface area contributed by atoms with Crippen LogP contribution in [0.4, 0.5) is 5.69 Å². The third kappa shape index (κ3) is 4.94. The molecule has 7 nitrogen and oxygen atoms in total. The van der Waals surface area contributed by atoms with Crippen LogP contribution in [0, 0.1) is 24.0 Å². The maximum atomic E-state index is 12.9. The fourth-order valence-electron chi connectivity index (χ4n) is 4.58. The summed E-state index contributed by atoms with van der Waals surface area (Å²) < 4.78 is 0. The summed E-state index contributed by atoms with van der Waals surface area (Å²) in [6.07, 6.45) is 0.956. The number of aryl methyl sites for hydroxylation is 2. The van der Waals surface area contributed by atoms with Crippen molar-refractivity contribution in [2.24, 2.45) is 0 Å². The average Bonchev–Trinajstić information content (AvgIpc) is 3.26. The lowest BCUT2D eigenvalue weighted by atomic mass is 10.1. The van der Waals surface area contributed by atoms with Gasteiger partial charge in [0.1, 0.15) is 0 Å². The second-order valence-electron chi connectivity index (χ2n) is 8.75. The van der Waals surface area contributed by atoms with Crippen LogP contribution in [0.15, 0.2) is 42.5 Å². The van der Waals surface area contributed by atoms with E-state index >= 15 is 0 Å². The molecule has 1 atom stereocenters. The Morgan fingerprint density at radius 2 is 1.74 bits per heavy atom. The standard InChI is InChI=1S/C24H30N4O3/c1-18-3-6-20(7-4-18)16-25-11-13-26(14-12-25)22-9-10-27(17-22)24(29)21-8-5-19(2)23(15-21)28(30)31/h3-8,15,22H,9-14,16-17H2,1-2H3. The smallest absolute Gasteiger partial charge is 0.273 e. The molecule has 2 aromatic carbocycles. The molecule has 0 spiro atoms. The topological polar surface area (TPSA) is 69.9 Å². The van der Waals surface area contributed by atoms with Gasteiger partial charge in [0, 0.05) is 69.0 Å². The van der Waals surface area contributed by atoms with Crippen LogP contribution >= 0.6 is 0 Å². The molecule has 2 aliphatic rings. The Morgan fingerprint density at radius 1 is 1.03 bits per heavy atom. The van der Waals surface area contributed by atoms with Crippen molar-refractivity contribution in [3.05, 3.63) is 74.8 Å². The quantitative estimate of drug-likeness (QED) is 0.547. The fraction of sp³-hybridized carbons (Fsp3) is 0.458. The van der Waals surface area contributed by atoms with Crippen molar-refractivity contribution in [2.45, 2.75) is 32.9 Å². The molecule has 2 saturated heterocycles. The molecule has 2 aliphatic heterocycles. The first kappa shape index (κ1) is 21.5. The Balaban J connectivity index is 1.30. The lowest BCUT2D eigenvalue weighted by Gasteiger charge is -2.38. The monoisotopic (exact) mass is 422 g/mol. The molecule has 2 fully saturated rings. The van der Waals surface area contributed by atoms with Crippen LogP contribution in [0.2, 0.25) is 0 Å². The summed E-state index contributed by atoms with van der Waals surface area (Å²) in [7, 11) is 0. The Labute approximate surface area is 183 Å². The molecule has 0 aliphatic carbocycles. The predicted octanol–water partition coefficient (Wildman–Crippen LogP) is 3.24. The number of piperazine rings is 1. The number of benzene rings is 2. The van der Waals surface area contributed by atoms with Crippen LogP contribution in [-0.4, -0.2) is 70.8 Å². The summed E-state index contributed by atoms with van der Waals surface area (Å²) in [4.78, 5) is 30.5. The highest BCUT2D eigenvalue weighted by molar-refractivity contribution is 5.95. The summed E-state index contributed by atoms with van der Waals surface area (Å²) in [5, 5.41) is 11.2. The first-order valence-corrected chi connectivity index (χ1v) is 11.0. The Kier molecular flexibility index (Phi) is 6.34.